The molecule has 3 aromatic heterocycles. The van der Waals surface area contributed by atoms with Crippen LogP contribution in [0.25, 0.3) is 33.3 Å². The highest BCUT2D eigenvalue weighted by Gasteiger charge is 2.47. The van der Waals surface area contributed by atoms with E-state index < -0.39 is 71.1 Å². The van der Waals surface area contributed by atoms with Crippen molar-refractivity contribution in [3.8, 4) is 39.6 Å². The lowest BCUT2D eigenvalue weighted by molar-refractivity contribution is -0.155. The Balaban J connectivity index is 1.25. The van der Waals surface area contributed by atoms with Gasteiger partial charge in [-0.15, -0.1) is 0 Å². The number of ether oxygens (including phenoxy) is 5. The number of carbonyl (C=O) groups is 5. The highest BCUT2D eigenvalue weighted by molar-refractivity contribution is 5.96. The molecular weight excluding hydrogens is 981 g/mol. The van der Waals surface area contributed by atoms with Crippen LogP contribution in [0.4, 0.5) is 4.79 Å². The Bertz CT molecular complexity index is 3040. The molecule has 0 spiro atoms. The van der Waals surface area contributed by atoms with Crippen molar-refractivity contribution in [3.05, 3.63) is 90.0 Å². The molecule has 18 nitrogen and oxygen atoms in total. The van der Waals surface area contributed by atoms with E-state index in [0.717, 1.165) is 38.9 Å². The lowest BCUT2D eigenvalue weighted by Crippen LogP contribution is -2.62. The molecule has 6 atom stereocenters. The van der Waals surface area contributed by atoms with Crippen molar-refractivity contribution in [1.82, 2.24) is 40.1 Å². The number of cyclic esters (lactones) is 1. The first-order chi connectivity index (χ1) is 36.6. The van der Waals surface area contributed by atoms with E-state index in [4.69, 9.17) is 28.7 Å². The number of hydrazine groups is 1. The third kappa shape index (κ3) is 11.6. The molecule has 18 heteroatoms. The summed E-state index contributed by atoms with van der Waals surface area (Å²) < 4.78 is 33.5. The molecule has 2 N–H and O–H groups in total. The summed E-state index contributed by atoms with van der Waals surface area (Å²) in [4.78, 5) is 84.9. The Labute approximate surface area is 451 Å². The maximum Gasteiger partial charge on any atom is 0.410 e. The Morgan fingerprint density at radius 1 is 0.922 bits per heavy atom. The maximum atomic E-state index is 15.0. The molecule has 4 amide bonds. The molecule has 7 heterocycles. The van der Waals surface area contributed by atoms with Crippen LogP contribution in [0, 0.1) is 17.3 Å². The zero-order valence-electron chi connectivity index (χ0n) is 46.3. The number of carbonyl (C=O) groups excluding carboxylic acids is 5. The van der Waals surface area contributed by atoms with Crippen molar-refractivity contribution in [2.45, 2.75) is 137 Å². The number of methoxy groups -OCH3 is 1. The molecule has 0 unspecified atom stereocenters. The van der Waals surface area contributed by atoms with Gasteiger partial charge in [-0.25, -0.2) is 10.2 Å². The number of hydrogen-bond acceptors (Lipinski definition) is 13. The molecule has 77 heavy (non-hydrogen) atoms. The van der Waals surface area contributed by atoms with Gasteiger partial charge in [-0.2, -0.15) is 0 Å². The van der Waals surface area contributed by atoms with Crippen molar-refractivity contribution < 1.29 is 47.7 Å². The SMILES string of the molecule is CCn1c(-c2cc(Oc3cccnc3)cnc2[C@H](C)OC)c2c3cc(ccc31)-c1cc3cc(c1)OC[C@@H]1[C@H](CCN1C(=O)OC(C)(C)C)C(=O)N(C)[C@@H](C(C)C)C(=O)N[C@@H](C3)C(=O)N1CCC[C@H](N1)C(=O)OCC(C)(C)C2. The van der Waals surface area contributed by atoms with Gasteiger partial charge in [0.25, 0.3) is 5.91 Å². The van der Waals surface area contributed by atoms with E-state index in [1.807, 2.05) is 57.2 Å². The van der Waals surface area contributed by atoms with Crippen molar-refractivity contribution in [1.29, 1.82) is 0 Å². The molecule has 4 aliphatic heterocycles. The predicted octanol–water partition coefficient (Wildman–Crippen LogP) is 8.43. The van der Waals surface area contributed by atoms with Crippen molar-refractivity contribution in [2.24, 2.45) is 17.3 Å². The number of esters is 1. The number of benzene rings is 2. The number of hydrogen-bond donors (Lipinski definition) is 2. The lowest BCUT2D eigenvalue weighted by Gasteiger charge is -2.37. The Morgan fingerprint density at radius 2 is 1.71 bits per heavy atom. The summed E-state index contributed by atoms with van der Waals surface area (Å²) in [6, 6.07) is 14.1. The molecule has 0 saturated carbocycles. The summed E-state index contributed by atoms with van der Waals surface area (Å²) in [6.45, 7) is 18.5. The van der Waals surface area contributed by atoms with Gasteiger partial charge in [0.15, 0.2) is 0 Å². The van der Waals surface area contributed by atoms with E-state index in [-0.39, 0.29) is 44.5 Å². The van der Waals surface area contributed by atoms with Gasteiger partial charge in [-0.1, -0.05) is 39.8 Å². The number of aryl methyl sites for hydroxylation is 1. The van der Waals surface area contributed by atoms with Crippen LogP contribution in [0.15, 0.2) is 73.2 Å². The molecule has 410 valence electrons. The van der Waals surface area contributed by atoms with Gasteiger partial charge in [0.05, 0.1) is 48.5 Å². The highest BCUT2D eigenvalue weighted by atomic mass is 16.6. The summed E-state index contributed by atoms with van der Waals surface area (Å²) >= 11 is 0. The fraction of sp³-hybridized carbons (Fsp3) is 0.508. The van der Waals surface area contributed by atoms with E-state index in [1.165, 1.54) is 9.91 Å². The number of fused-ring (bicyclic) bond motifs is 8. The summed E-state index contributed by atoms with van der Waals surface area (Å²) in [5.41, 5.74) is 8.46. The number of aromatic nitrogens is 3. The lowest BCUT2D eigenvalue weighted by atomic mass is 9.84. The number of likely N-dealkylation sites (tertiary alicyclic amines) is 1. The minimum Gasteiger partial charge on any atom is -0.491 e. The number of likely N-dealkylation sites (N-methyl/N-ethyl adjacent to an activating group) is 1. The van der Waals surface area contributed by atoms with Gasteiger partial charge in [-0.3, -0.25) is 34.2 Å². The summed E-state index contributed by atoms with van der Waals surface area (Å²) in [5.74, 6) is -1.34. The summed E-state index contributed by atoms with van der Waals surface area (Å²) in [6.07, 6.45) is 5.83. The smallest absolute Gasteiger partial charge is 0.410 e. The molecule has 4 aliphatic rings. The quantitative estimate of drug-likeness (QED) is 0.148. The van der Waals surface area contributed by atoms with Gasteiger partial charge in [0.2, 0.25) is 11.8 Å². The van der Waals surface area contributed by atoms with E-state index in [2.05, 4.69) is 59.3 Å². The third-order valence-corrected chi connectivity index (χ3v) is 15.2. The number of amides is 4. The number of pyridine rings is 2. The largest absolute Gasteiger partial charge is 0.491 e. The number of nitrogens with one attached hydrogen (secondary N) is 2. The molecule has 8 bridgehead atoms. The van der Waals surface area contributed by atoms with Crippen molar-refractivity contribution >= 4 is 40.7 Å². The summed E-state index contributed by atoms with van der Waals surface area (Å²) in [7, 11) is 3.26. The average Bonchev–Trinajstić information content (AvgIpc) is 4.02. The molecule has 0 radical (unpaired) electrons. The fourth-order valence-electron chi connectivity index (χ4n) is 11.4. The summed E-state index contributed by atoms with van der Waals surface area (Å²) in [5, 5.41) is 5.46. The molecule has 2 aromatic carbocycles. The van der Waals surface area contributed by atoms with E-state index in [0.29, 0.717) is 60.7 Å². The average molecular weight is 1060 g/mol. The molecule has 5 aromatic rings. The molecule has 2 saturated heterocycles. The second kappa shape index (κ2) is 22.1. The first kappa shape index (κ1) is 54.7. The normalized spacial score (nSPS) is 22.8. The highest BCUT2D eigenvalue weighted by Crippen LogP contribution is 2.44. The third-order valence-electron chi connectivity index (χ3n) is 15.2. The van der Waals surface area contributed by atoms with Crippen LogP contribution in [-0.4, -0.2) is 129 Å². The topological polar surface area (TPSA) is 196 Å². The van der Waals surface area contributed by atoms with Crippen LogP contribution < -0.4 is 20.2 Å². The number of rotatable bonds is 7. The molecule has 9 rings (SSSR count). The molecule has 0 aliphatic carbocycles. The Morgan fingerprint density at radius 3 is 2.43 bits per heavy atom. The predicted molar refractivity (Wildman–Crippen MR) is 290 cm³/mol. The van der Waals surface area contributed by atoms with Gasteiger partial charge >= 0.3 is 12.1 Å². The van der Waals surface area contributed by atoms with Gasteiger partial charge in [0.1, 0.15) is 47.6 Å². The fourth-order valence-corrected chi connectivity index (χ4v) is 11.4. The first-order valence-corrected chi connectivity index (χ1v) is 27.0. The maximum absolute atomic E-state index is 15.0. The van der Waals surface area contributed by atoms with E-state index >= 15 is 0 Å². The standard InChI is InChI=1S/C59H74N8O10/c1-12-65-48-18-17-37-27-43(48)45(52(65)44-28-41(31-61-50(44)35(4)73-11)76-39-15-13-20-60-30-39)29-59(8,9)33-75-56(71)46-16-14-21-67(63-46)55(70)47-25-36-23-38(37)26-40(24-36)74-32-49-42(19-22-66(49)57(72)77-58(5,6)7)54(69)64(10)51(34(2)3)53(68)62-47/h13,15,17-18,20,23-24,26-28,30-31,34-35,42,46-47,49,51,63H,12,14,16,19,21-22,25,29,32-33H2,1-11H3,(H,62,68)/t35-,42-,46-,47-,49+,51-/m0/s1. The van der Waals surface area contributed by atoms with Crippen molar-refractivity contribution in [2.75, 3.05) is 40.5 Å². The van der Waals surface area contributed by atoms with Gasteiger partial charge < -0.3 is 43.4 Å². The van der Waals surface area contributed by atoms with E-state index in [1.54, 1.807) is 58.4 Å². The second-order valence-corrected chi connectivity index (χ2v) is 23.1. The van der Waals surface area contributed by atoms with Crippen molar-refractivity contribution in [3.63, 3.8) is 0 Å². The second-order valence-electron chi connectivity index (χ2n) is 23.1. The van der Waals surface area contributed by atoms with Crippen LogP contribution in [0.5, 0.6) is 17.2 Å². The van der Waals surface area contributed by atoms with Crippen LogP contribution >= 0.6 is 0 Å². The monoisotopic (exact) mass is 1050 g/mol. The number of nitrogens with zero attached hydrogens (tertiary/aromatic N) is 6. The zero-order valence-corrected chi connectivity index (χ0v) is 46.3. The van der Waals surface area contributed by atoms with Gasteiger partial charge in [-0.05, 0) is 131 Å². The zero-order chi connectivity index (χ0) is 55.1. The first-order valence-electron chi connectivity index (χ1n) is 27.0. The Kier molecular flexibility index (Phi) is 15.7. The molecule has 2 fully saturated rings. The van der Waals surface area contributed by atoms with E-state index in [9.17, 15) is 24.0 Å². The minimum absolute atomic E-state index is 0.0313. The molecular formula is C59H74N8O10. The van der Waals surface area contributed by atoms with Gasteiger partial charge in [0, 0.05) is 68.3 Å². The van der Waals surface area contributed by atoms with Crippen LogP contribution in [0.3, 0.4) is 0 Å². The van der Waals surface area contributed by atoms with Crippen LogP contribution in [-0.2, 0) is 52.8 Å². The minimum atomic E-state index is -1.13. The van der Waals surface area contributed by atoms with Crippen LogP contribution in [0.2, 0.25) is 0 Å². The van der Waals surface area contributed by atoms with Crippen LogP contribution in [0.1, 0.15) is 105 Å². The Hall–Kier alpha value is -7.05.